The van der Waals surface area contributed by atoms with E-state index in [-0.39, 0.29) is 30.6 Å². The van der Waals surface area contributed by atoms with Gasteiger partial charge in [-0.25, -0.2) is 9.98 Å². The molecule has 0 aliphatic carbocycles. The Morgan fingerprint density at radius 2 is 2.05 bits per heavy atom. The van der Waals surface area contributed by atoms with E-state index in [2.05, 4.69) is 20.6 Å². The van der Waals surface area contributed by atoms with Gasteiger partial charge in [0.1, 0.15) is 12.0 Å². The molecule has 0 amide bonds. The van der Waals surface area contributed by atoms with Crippen LogP contribution in [0.1, 0.15) is 12.6 Å². The Morgan fingerprint density at radius 3 is 2.73 bits per heavy atom. The van der Waals surface area contributed by atoms with Gasteiger partial charge in [-0.05, 0) is 19.1 Å². The second kappa shape index (κ2) is 10.2. The van der Waals surface area contributed by atoms with Gasteiger partial charge in [0.15, 0.2) is 5.96 Å². The lowest BCUT2D eigenvalue weighted by Gasteiger charge is -2.09. The zero-order valence-corrected chi connectivity index (χ0v) is 14.8. The monoisotopic (exact) mass is 416 g/mol. The number of aliphatic imine (C=N–C) groups is 1. The molecule has 22 heavy (non-hydrogen) atoms. The molecule has 1 aromatic heterocycles. The summed E-state index contributed by atoms with van der Waals surface area (Å²) in [4.78, 5) is 8.80. The molecular formula is C15H21IN4O2. The number of guanidine groups is 1. The number of benzene rings is 1. The zero-order valence-electron chi connectivity index (χ0n) is 12.5. The SMILES string of the molecule is CCNC(=NCc1coc(-c2ccccc2)n1)NCCO.I. The number of oxazole rings is 1. The van der Waals surface area contributed by atoms with E-state index in [1.807, 2.05) is 37.3 Å². The minimum absolute atomic E-state index is 0. The predicted molar refractivity (Wildman–Crippen MR) is 97.3 cm³/mol. The Morgan fingerprint density at radius 1 is 1.27 bits per heavy atom. The summed E-state index contributed by atoms with van der Waals surface area (Å²) in [6.07, 6.45) is 1.61. The average molecular weight is 416 g/mol. The van der Waals surface area contributed by atoms with Crippen molar-refractivity contribution in [1.29, 1.82) is 0 Å². The van der Waals surface area contributed by atoms with Crippen molar-refractivity contribution in [3.63, 3.8) is 0 Å². The van der Waals surface area contributed by atoms with Crippen LogP contribution in [0.15, 0.2) is 46.0 Å². The molecule has 0 aliphatic rings. The highest BCUT2D eigenvalue weighted by Gasteiger charge is 2.06. The molecule has 0 saturated heterocycles. The summed E-state index contributed by atoms with van der Waals surface area (Å²) in [6.45, 7) is 3.68. The van der Waals surface area contributed by atoms with Gasteiger partial charge in [-0.2, -0.15) is 0 Å². The standard InChI is InChI=1S/C15H20N4O2.HI/c1-2-16-15(17-8-9-20)18-10-13-11-21-14(19-13)12-6-4-3-5-7-12;/h3-7,11,20H,2,8-10H2,1H3,(H2,16,17,18);1H. The maximum Gasteiger partial charge on any atom is 0.226 e. The topological polar surface area (TPSA) is 82.7 Å². The highest BCUT2D eigenvalue weighted by Crippen LogP contribution is 2.18. The quantitative estimate of drug-likeness (QED) is 0.381. The molecule has 0 atom stereocenters. The first-order valence-electron chi connectivity index (χ1n) is 6.96. The van der Waals surface area contributed by atoms with Gasteiger partial charge in [-0.1, -0.05) is 18.2 Å². The van der Waals surface area contributed by atoms with Crippen molar-refractivity contribution < 1.29 is 9.52 Å². The fourth-order valence-corrected chi connectivity index (χ4v) is 1.77. The molecule has 1 heterocycles. The van der Waals surface area contributed by atoms with Crippen LogP contribution in [0.5, 0.6) is 0 Å². The van der Waals surface area contributed by atoms with Crippen molar-refractivity contribution >= 4 is 29.9 Å². The summed E-state index contributed by atoms with van der Waals surface area (Å²) in [5, 5.41) is 14.9. The molecule has 7 heteroatoms. The van der Waals surface area contributed by atoms with Crippen LogP contribution in [0.4, 0.5) is 0 Å². The number of nitrogens with one attached hydrogen (secondary N) is 2. The van der Waals surface area contributed by atoms with Crippen LogP contribution < -0.4 is 10.6 Å². The molecule has 1 aromatic carbocycles. The Bertz CT molecular complexity index is 572. The van der Waals surface area contributed by atoms with E-state index in [0.717, 1.165) is 17.8 Å². The van der Waals surface area contributed by atoms with Crippen LogP contribution in [0, 0.1) is 0 Å². The first-order chi connectivity index (χ1) is 10.3. The lowest BCUT2D eigenvalue weighted by atomic mass is 10.2. The largest absolute Gasteiger partial charge is 0.444 e. The second-order valence-electron chi connectivity index (χ2n) is 4.36. The summed E-state index contributed by atoms with van der Waals surface area (Å²) in [7, 11) is 0. The van der Waals surface area contributed by atoms with Crippen molar-refractivity contribution in [3.05, 3.63) is 42.3 Å². The van der Waals surface area contributed by atoms with Gasteiger partial charge in [0.05, 0.1) is 13.2 Å². The number of rotatable bonds is 6. The van der Waals surface area contributed by atoms with E-state index in [4.69, 9.17) is 9.52 Å². The first kappa shape index (κ1) is 18.4. The van der Waals surface area contributed by atoms with E-state index in [0.29, 0.717) is 24.9 Å². The molecule has 0 spiro atoms. The van der Waals surface area contributed by atoms with E-state index < -0.39 is 0 Å². The molecular weight excluding hydrogens is 395 g/mol. The molecule has 0 fully saturated rings. The van der Waals surface area contributed by atoms with Gasteiger partial charge in [-0.3, -0.25) is 0 Å². The Labute approximate surface area is 147 Å². The highest BCUT2D eigenvalue weighted by atomic mass is 127. The fraction of sp³-hybridized carbons (Fsp3) is 0.333. The van der Waals surface area contributed by atoms with Gasteiger partial charge in [0.2, 0.25) is 5.89 Å². The van der Waals surface area contributed by atoms with E-state index in [1.165, 1.54) is 0 Å². The van der Waals surface area contributed by atoms with Crippen LogP contribution >= 0.6 is 24.0 Å². The van der Waals surface area contributed by atoms with Crippen molar-refractivity contribution in [3.8, 4) is 11.5 Å². The van der Waals surface area contributed by atoms with E-state index in [1.54, 1.807) is 6.26 Å². The van der Waals surface area contributed by atoms with Gasteiger partial charge < -0.3 is 20.2 Å². The maximum atomic E-state index is 8.83. The smallest absolute Gasteiger partial charge is 0.226 e. The molecule has 3 N–H and O–H groups in total. The molecule has 0 unspecified atom stereocenters. The second-order valence-corrected chi connectivity index (χ2v) is 4.36. The molecule has 0 saturated carbocycles. The Balaban J connectivity index is 0.00000242. The van der Waals surface area contributed by atoms with Crippen molar-refractivity contribution in [1.82, 2.24) is 15.6 Å². The minimum Gasteiger partial charge on any atom is -0.444 e. The van der Waals surface area contributed by atoms with Crippen LogP contribution in [0.2, 0.25) is 0 Å². The maximum absolute atomic E-state index is 8.83. The van der Waals surface area contributed by atoms with Crippen LogP contribution in [0.3, 0.4) is 0 Å². The number of aliphatic hydroxyl groups excluding tert-OH is 1. The van der Waals surface area contributed by atoms with Crippen LogP contribution in [-0.2, 0) is 6.54 Å². The number of aliphatic hydroxyl groups is 1. The van der Waals surface area contributed by atoms with E-state index in [9.17, 15) is 0 Å². The average Bonchev–Trinajstić information content (AvgIpc) is 3.00. The molecule has 6 nitrogen and oxygen atoms in total. The minimum atomic E-state index is 0. The molecule has 0 bridgehead atoms. The van der Waals surface area contributed by atoms with E-state index >= 15 is 0 Å². The Hall–Kier alpha value is -1.61. The summed E-state index contributed by atoms with van der Waals surface area (Å²) in [6, 6.07) is 9.74. The first-order valence-corrected chi connectivity index (χ1v) is 6.96. The molecule has 120 valence electrons. The molecule has 2 aromatic rings. The third kappa shape index (κ3) is 5.64. The number of hydrogen-bond donors (Lipinski definition) is 3. The number of hydrogen-bond acceptors (Lipinski definition) is 4. The number of aromatic nitrogens is 1. The van der Waals surface area contributed by atoms with Crippen LogP contribution in [0.25, 0.3) is 11.5 Å². The van der Waals surface area contributed by atoms with Crippen molar-refractivity contribution in [2.24, 2.45) is 4.99 Å². The number of halogens is 1. The molecule has 2 rings (SSSR count). The van der Waals surface area contributed by atoms with Gasteiger partial charge in [-0.15, -0.1) is 24.0 Å². The lowest BCUT2D eigenvalue weighted by molar-refractivity contribution is 0.300. The lowest BCUT2D eigenvalue weighted by Crippen LogP contribution is -2.38. The summed E-state index contributed by atoms with van der Waals surface area (Å²) in [5.74, 6) is 1.24. The predicted octanol–water partition coefficient (Wildman–Crippen LogP) is 2.01. The Kier molecular flexibility index (Phi) is 8.53. The third-order valence-corrected chi connectivity index (χ3v) is 2.72. The summed E-state index contributed by atoms with van der Waals surface area (Å²) >= 11 is 0. The highest BCUT2D eigenvalue weighted by molar-refractivity contribution is 14.0. The number of nitrogens with zero attached hydrogens (tertiary/aromatic N) is 2. The molecule has 0 aliphatic heterocycles. The summed E-state index contributed by atoms with van der Waals surface area (Å²) < 4.78 is 5.46. The van der Waals surface area contributed by atoms with Gasteiger partial charge in [0.25, 0.3) is 0 Å². The van der Waals surface area contributed by atoms with Gasteiger partial charge in [0, 0.05) is 18.7 Å². The summed E-state index contributed by atoms with van der Waals surface area (Å²) in [5.41, 5.74) is 1.70. The third-order valence-electron chi connectivity index (χ3n) is 2.72. The molecule has 0 radical (unpaired) electrons. The van der Waals surface area contributed by atoms with Crippen LogP contribution in [-0.4, -0.2) is 35.7 Å². The van der Waals surface area contributed by atoms with Crippen molar-refractivity contribution in [2.75, 3.05) is 19.7 Å². The fourth-order valence-electron chi connectivity index (χ4n) is 1.77. The zero-order chi connectivity index (χ0) is 14.9. The van der Waals surface area contributed by atoms with Crippen molar-refractivity contribution in [2.45, 2.75) is 13.5 Å². The van der Waals surface area contributed by atoms with Gasteiger partial charge >= 0.3 is 0 Å². The normalized spacial score (nSPS) is 10.9.